The number of carbonyl (C=O) groups excluding carboxylic acids is 1. The molecule has 1 fully saturated rings. The number of aliphatic hydroxyl groups excluding tert-OH is 2. The van der Waals surface area contributed by atoms with Crippen LogP contribution in [0.1, 0.15) is 67.1 Å². The molecular weight excluding hydrogens is 522 g/mol. The Bertz CT molecular complexity index is 1650. The fourth-order valence-electron chi connectivity index (χ4n) is 5.70. The molecule has 0 radical (unpaired) electrons. The number of aromatic amines is 1. The van der Waals surface area contributed by atoms with E-state index in [1.165, 1.54) is 0 Å². The largest absolute Gasteiger partial charge is 0.393 e. The summed E-state index contributed by atoms with van der Waals surface area (Å²) in [5.74, 6) is -0.472. The van der Waals surface area contributed by atoms with Gasteiger partial charge in [0, 0.05) is 35.8 Å². The van der Waals surface area contributed by atoms with Crippen molar-refractivity contribution in [3.8, 4) is 5.69 Å². The van der Waals surface area contributed by atoms with E-state index in [9.17, 15) is 15.0 Å². The highest BCUT2D eigenvalue weighted by Gasteiger charge is 2.37. The van der Waals surface area contributed by atoms with Gasteiger partial charge in [0.2, 0.25) is 6.34 Å². The van der Waals surface area contributed by atoms with Gasteiger partial charge in [-0.05, 0) is 49.8 Å². The molecule has 1 aromatic carbocycles. The lowest BCUT2D eigenvalue weighted by Crippen LogP contribution is -2.41. The highest BCUT2D eigenvalue weighted by molar-refractivity contribution is 6.01. The fraction of sp³-hybridized carbons (Fsp3) is 0.345. The summed E-state index contributed by atoms with van der Waals surface area (Å²) in [6, 6.07) is 7.40. The molecule has 1 unspecified atom stereocenters. The van der Waals surface area contributed by atoms with Gasteiger partial charge in [-0.1, -0.05) is 13.8 Å². The number of H-pyrrole nitrogens is 1. The Hall–Kier alpha value is -4.39. The molecule has 41 heavy (non-hydrogen) atoms. The maximum atomic E-state index is 12.3. The molecule has 4 heterocycles. The van der Waals surface area contributed by atoms with Gasteiger partial charge in [-0.25, -0.2) is 9.67 Å². The number of hydrogen-bond donors (Lipinski definition) is 5. The number of aromatic nitrogens is 5. The van der Waals surface area contributed by atoms with Crippen LogP contribution in [-0.2, 0) is 0 Å². The van der Waals surface area contributed by atoms with E-state index in [1.54, 1.807) is 35.7 Å². The number of hydrogen-bond acceptors (Lipinski definition) is 8. The number of fused-ring (bicyclic) bond motifs is 1. The first-order valence-electron chi connectivity index (χ1n) is 13.8. The Morgan fingerprint density at radius 3 is 2.73 bits per heavy atom. The number of amides is 1. The molecule has 6 N–H and O–H groups in total. The van der Waals surface area contributed by atoms with E-state index >= 15 is 0 Å². The van der Waals surface area contributed by atoms with Crippen LogP contribution in [0.15, 0.2) is 54.0 Å². The lowest BCUT2D eigenvalue weighted by atomic mass is 9.92. The number of benzene rings is 1. The van der Waals surface area contributed by atoms with E-state index in [4.69, 9.17) is 15.8 Å². The van der Waals surface area contributed by atoms with Crippen LogP contribution in [0.5, 0.6) is 0 Å². The zero-order valence-electron chi connectivity index (χ0n) is 23.0. The van der Waals surface area contributed by atoms with Crippen LogP contribution in [0, 0.1) is 0 Å². The Labute approximate surface area is 236 Å². The smallest absolute Gasteiger partial charge is 0.250 e. The highest BCUT2D eigenvalue weighted by atomic mass is 16.3. The molecule has 4 aromatic rings. The maximum absolute atomic E-state index is 12.3. The molecule has 1 saturated carbocycles. The zero-order valence-corrected chi connectivity index (χ0v) is 23.0. The Morgan fingerprint density at radius 1 is 1.24 bits per heavy atom. The van der Waals surface area contributed by atoms with Crippen LogP contribution in [-0.4, -0.2) is 66.3 Å². The molecule has 0 saturated heterocycles. The molecule has 12 nitrogen and oxygen atoms in total. The van der Waals surface area contributed by atoms with Crippen LogP contribution < -0.4 is 15.5 Å². The van der Waals surface area contributed by atoms with Gasteiger partial charge in [-0.2, -0.15) is 19.7 Å². The van der Waals surface area contributed by atoms with E-state index in [1.807, 2.05) is 24.4 Å². The number of pyridine rings is 1. The van der Waals surface area contributed by atoms with Gasteiger partial charge in [0.1, 0.15) is 17.3 Å². The minimum atomic E-state index is -0.522. The van der Waals surface area contributed by atoms with Gasteiger partial charge in [-0.15, -0.1) is 0 Å². The first kappa shape index (κ1) is 26.8. The third kappa shape index (κ3) is 4.79. The van der Waals surface area contributed by atoms with Gasteiger partial charge in [0.25, 0.3) is 5.91 Å². The number of quaternary nitrogens is 1. The first-order valence-corrected chi connectivity index (χ1v) is 13.8. The minimum absolute atomic E-state index is 0.0219. The number of nitrogens with one attached hydrogen (secondary N) is 2. The van der Waals surface area contributed by atoms with Crippen LogP contribution in [0.4, 0.5) is 11.4 Å². The molecule has 0 bridgehead atoms. The van der Waals surface area contributed by atoms with E-state index in [0.717, 1.165) is 40.9 Å². The summed E-state index contributed by atoms with van der Waals surface area (Å²) < 4.78 is 1.75. The van der Waals surface area contributed by atoms with Crippen molar-refractivity contribution in [2.75, 3.05) is 12.0 Å². The number of aliphatic hydroxyl groups is 2. The van der Waals surface area contributed by atoms with Crippen molar-refractivity contribution >= 4 is 40.4 Å². The fourth-order valence-corrected chi connectivity index (χ4v) is 5.70. The quantitative estimate of drug-likeness (QED) is 0.207. The number of rotatable bonds is 8. The summed E-state index contributed by atoms with van der Waals surface area (Å²) in [5.41, 5.74) is 11.2. The average Bonchev–Trinajstić information content (AvgIpc) is 3.73. The number of carbonyl (C=O) groups is 1. The topological polar surface area (TPSA) is 167 Å². The molecule has 1 atom stereocenters. The summed E-state index contributed by atoms with van der Waals surface area (Å²) in [7, 11) is 0. The molecular formula is C29H34N9O3+. The van der Waals surface area contributed by atoms with Crippen LogP contribution >= 0.6 is 0 Å². The normalized spacial score (nSPS) is 22.4. The number of anilines is 1. The van der Waals surface area contributed by atoms with Gasteiger partial charge >= 0.3 is 0 Å². The standard InChI is InChI=1S/C29H33N9O3/c1-17(2)27-26-25(38(16-39)14-24(32-15-38)18-12-33-34-13-18)9-10-31-29(26)37(36-27)20-5-8-22(28(30)41)23(11-20)35-19-3-6-21(40)7-4-19/h5,8-15,17,19,21,39-40H,3-4,6-7,16H2,1-2H3,(H3-,30,33,34,35,41)/p+1. The van der Waals surface area contributed by atoms with Gasteiger partial charge in [0.05, 0.1) is 29.2 Å². The SMILES string of the molecule is CC(C)c1nn(-c2ccc(C(N)=O)c(NC3CCC(O)CC3)c2)c2nccc([N+]3(CO)C=NC(c4cn[nH]c4)=C3)c12. The summed E-state index contributed by atoms with van der Waals surface area (Å²) in [6.07, 6.45) is 11.5. The second kappa shape index (κ2) is 10.5. The molecule has 6 rings (SSSR count). The highest BCUT2D eigenvalue weighted by Crippen LogP contribution is 2.39. The minimum Gasteiger partial charge on any atom is -0.393 e. The van der Waals surface area contributed by atoms with Crippen molar-refractivity contribution in [3.05, 3.63) is 65.9 Å². The number of primary amides is 1. The number of nitrogens with two attached hydrogens (primary N) is 1. The zero-order chi connectivity index (χ0) is 28.7. The third-order valence-electron chi connectivity index (χ3n) is 7.92. The molecule has 0 spiro atoms. The van der Waals surface area contributed by atoms with Crippen LogP contribution in [0.3, 0.4) is 0 Å². The van der Waals surface area contributed by atoms with E-state index in [2.05, 4.69) is 34.4 Å². The predicted molar refractivity (Wildman–Crippen MR) is 157 cm³/mol. The van der Waals surface area contributed by atoms with Crippen molar-refractivity contribution in [1.29, 1.82) is 0 Å². The lowest BCUT2D eigenvalue weighted by Gasteiger charge is -2.28. The second-order valence-corrected chi connectivity index (χ2v) is 11.0. The van der Waals surface area contributed by atoms with E-state index in [-0.39, 0.29) is 29.3 Å². The average molecular weight is 557 g/mol. The summed E-state index contributed by atoms with van der Waals surface area (Å²) >= 11 is 0. The predicted octanol–water partition coefficient (Wildman–Crippen LogP) is 3.38. The lowest BCUT2D eigenvalue weighted by molar-refractivity contribution is 0.100. The number of aliphatic imine (C=N–C) groups is 1. The monoisotopic (exact) mass is 556 g/mol. The molecule has 3 aromatic heterocycles. The van der Waals surface area contributed by atoms with Crippen molar-refractivity contribution in [1.82, 2.24) is 29.4 Å². The third-order valence-corrected chi connectivity index (χ3v) is 7.92. The first-order chi connectivity index (χ1) is 19.8. The van der Waals surface area contributed by atoms with Crippen molar-refractivity contribution in [2.45, 2.75) is 57.6 Å². The Balaban J connectivity index is 1.47. The molecule has 12 heteroatoms. The van der Waals surface area contributed by atoms with E-state index in [0.29, 0.717) is 35.4 Å². The maximum Gasteiger partial charge on any atom is 0.250 e. The summed E-state index contributed by atoms with van der Waals surface area (Å²) in [6.45, 7) is 3.89. The Morgan fingerprint density at radius 2 is 2.05 bits per heavy atom. The Kier molecular flexibility index (Phi) is 6.89. The summed E-state index contributed by atoms with van der Waals surface area (Å²) in [5, 5.41) is 36.8. The van der Waals surface area contributed by atoms with Gasteiger partial charge < -0.3 is 21.3 Å². The molecule has 212 valence electrons. The molecule has 2 aliphatic rings. The van der Waals surface area contributed by atoms with Gasteiger partial charge in [0.15, 0.2) is 18.1 Å². The van der Waals surface area contributed by atoms with Gasteiger partial charge in [-0.3, -0.25) is 9.89 Å². The molecule has 1 amide bonds. The van der Waals surface area contributed by atoms with Crippen LogP contribution in [0.25, 0.3) is 22.4 Å². The van der Waals surface area contributed by atoms with Crippen molar-refractivity contribution in [3.63, 3.8) is 0 Å². The molecule has 1 aliphatic heterocycles. The van der Waals surface area contributed by atoms with Crippen LogP contribution in [0.2, 0.25) is 0 Å². The molecule has 1 aliphatic carbocycles. The van der Waals surface area contributed by atoms with Crippen molar-refractivity contribution < 1.29 is 15.0 Å². The second-order valence-electron chi connectivity index (χ2n) is 11.0. The van der Waals surface area contributed by atoms with Crippen molar-refractivity contribution in [2.24, 2.45) is 10.7 Å². The number of nitrogens with zero attached hydrogens (tertiary/aromatic N) is 6. The van der Waals surface area contributed by atoms with E-state index < -0.39 is 5.91 Å². The summed E-state index contributed by atoms with van der Waals surface area (Å²) in [4.78, 5) is 21.6.